The van der Waals surface area contributed by atoms with Gasteiger partial charge >= 0.3 is 0 Å². The molecule has 4 rings (SSSR count). The summed E-state index contributed by atoms with van der Waals surface area (Å²) in [6.45, 7) is 0. The maximum absolute atomic E-state index is 12.8. The zero-order valence-corrected chi connectivity index (χ0v) is 20.5. The number of benzene rings is 3. The SMILES string of the molecule is CN(C)S(=O)(=O)c1ccc2oc(SCC(=O)NC(Cc3ccccc3)c3ccccc3)nc2c1. The van der Waals surface area contributed by atoms with Gasteiger partial charge in [-0.3, -0.25) is 4.79 Å². The summed E-state index contributed by atoms with van der Waals surface area (Å²) in [5.74, 6) is -0.0266. The van der Waals surface area contributed by atoms with Crippen LogP contribution in [0, 0.1) is 0 Å². The number of carbonyl (C=O) groups is 1. The summed E-state index contributed by atoms with van der Waals surface area (Å²) in [4.78, 5) is 17.3. The number of hydrogen-bond acceptors (Lipinski definition) is 6. The van der Waals surface area contributed by atoms with E-state index in [1.807, 2.05) is 60.7 Å². The van der Waals surface area contributed by atoms with Gasteiger partial charge in [0, 0.05) is 14.1 Å². The number of carbonyl (C=O) groups excluding carboxylic acids is 1. The lowest BCUT2D eigenvalue weighted by Gasteiger charge is -2.19. The first-order valence-corrected chi connectivity index (χ1v) is 13.1. The summed E-state index contributed by atoms with van der Waals surface area (Å²) < 4.78 is 31.6. The Hall–Kier alpha value is -3.14. The number of oxazole rings is 1. The lowest BCUT2D eigenvalue weighted by molar-refractivity contribution is -0.119. The van der Waals surface area contributed by atoms with Crippen molar-refractivity contribution >= 4 is 38.8 Å². The van der Waals surface area contributed by atoms with Crippen LogP contribution in [0.15, 0.2) is 93.4 Å². The van der Waals surface area contributed by atoms with Crippen LogP contribution in [0.2, 0.25) is 0 Å². The van der Waals surface area contributed by atoms with Crippen LogP contribution in [0.3, 0.4) is 0 Å². The molecule has 1 N–H and O–H groups in total. The number of sulfonamides is 1. The third-order valence-electron chi connectivity index (χ3n) is 5.26. The molecule has 176 valence electrons. The van der Waals surface area contributed by atoms with E-state index in [4.69, 9.17) is 4.42 Å². The van der Waals surface area contributed by atoms with E-state index in [0.717, 1.165) is 15.4 Å². The zero-order valence-electron chi connectivity index (χ0n) is 18.8. The summed E-state index contributed by atoms with van der Waals surface area (Å²) in [7, 11) is -0.620. The van der Waals surface area contributed by atoms with Gasteiger partial charge in [-0.2, -0.15) is 0 Å². The predicted molar refractivity (Wildman–Crippen MR) is 133 cm³/mol. The van der Waals surface area contributed by atoms with Crippen molar-refractivity contribution in [2.24, 2.45) is 0 Å². The third-order valence-corrected chi connectivity index (χ3v) is 7.90. The predicted octanol–water partition coefficient (Wildman–Crippen LogP) is 4.27. The van der Waals surface area contributed by atoms with Crippen molar-refractivity contribution < 1.29 is 17.6 Å². The second-order valence-corrected chi connectivity index (χ2v) is 11.0. The number of rotatable bonds is 9. The van der Waals surface area contributed by atoms with E-state index < -0.39 is 10.0 Å². The standard InChI is InChI=1S/C25H25N3O4S2/c1-28(2)34(30,31)20-13-14-23-22(16-20)27-25(32-23)33-17-24(29)26-21(19-11-7-4-8-12-19)15-18-9-5-3-6-10-18/h3-14,16,21H,15,17H2,1-2H3,(H,26,29). The fraction of sp³-hybridized carbons (Fsp3) is 0.200. The van der Waals surface area contributed by atoms with Crippen LogP contribution >= 0.6 is 11.8 Å². The molecule has 0 saturated carbocycles. The number of amides is 1. The van der Waals surface area contributed by atoms with E-state index in [2.05, 4.69) is 10.3 Å². The van der Waals surface area contributed by atoms with E-state index >= 15 is 0 Å². The molecule has 0 saturated heterocycles. The van der Waals surface area contributed by atoms with E-state index in [9.17, 15) is 13.2 Å². The van der Waals surface area contributed by atoms with Crippen molar-refractivity contribution in [1.29, 1.82) is 0 Å². The Morgan fingerprint density at radius 1 is 1.03 bits per heavy atom. The molecule has 1 aromatic heterocycles. The van der Waals surface area contributed by atoms with Gasteiger partial charge in [-0.1, -0.05) is 72.4 Å². The molecule has 1 heterocycles. The van der Waals surface area contributed by atoms with E-state index in [0.29, 0.717) is 22.7 Å². The van der Waals surface area contributed by atoms with E-state index in [-0.39, 0.29) is 22.6 Å². The van der Waals surface area contributed by atoms with Gasteiger partial charge in [0.05, 0.1) is 16.7 Å². The number of nitrogens with one attached hydrogen (secondary N) is 1. The molecule has 1 unspecified atom stereocenters. The Labute approximate surface area is 203 Å². The average Bonchev–Trinajstić information content (AvgIpc) is 3.26. The van der Waals surface area contributed by atoms with Crippen LogP contribution in [-0.4, -0.2) is 43.5 Å². The van der Waals surface area contributed by atoms with Crippen LogP contribution < -0.4 is 5.32 Å². The molecular formula is C25H25N3O4S2. The Balaban J connectivity index is 1.44. The Morgan fingerprint density at radius 2 is 1.71 bits per heavy atom. The first-order chi connectivity index (χ1) is 16.3. The molecule has 0 aliphatic heterocycles. The molecule has 1 amide bonds. The second kappa shape index (κ2) is 10.4. The highest BCUT2D eigenvalue weighted by Gasteiger charge is 2.20. The van der Waals surface area contributed by atoms with E-state index in [1.165, 1.54) is 38.0 Å². The van der Waals surface area contributed by atoms with Gasteiger partial charge in [-0.05, 0) is 35.7 Å². The number of thioether (sulfide) groups is 1. The fourth-order valence-corrected chi connectivity index (χ4v) is 5.04. The lowest BCUT2D eigenvalue weighted by Crippen LogP contribution is -2.31. The second-order valence-electron chi connectivity index (χ2n) is 7.91. The average molecular weight is 496 g/mol. The highest BCUT2D eigenvalue weighted by atomic mass is 32.2. The highest BCUT2D eigenvalue weighted by Crippen LogP contribution is 2.26. The van der Waals surface area contributed by atoms with Gasteiger partial charge in [0.15, 0.2) is 5.58 Å². The minimum absolute atomic E-state index is 0.119. The summed E-state index contributed by atoms with van der Waals surface area (Å²) >= 11 is 1.17. The molecule has 9 heteroatoms. The topological polar surface area (TPSA) is 92.5 Å². The largest absolute Gasteiger partial charge is 0.431 e. The van der Waals surface area contributed by atoms with Crippen molar-refractivity contribution in [3.63, 3.8) is 0 Å². The minimum Gasteiger partial charge on any atom is -0.431 e. The number of aromatic nitrogens is 1. The number of fused-ring (bicyclic) bond motifs is 1. The molecule has 4 aromatic rings. The molecule has 0 aliphatic rings. The maximum Gasteiger partial charge on any atom is 0.257 e. The van der Waals surface area contributed by atoms with Gasteiger partial charge in [0.1, 0.15) is 5.52 Å². The van der Waals surface area contributed by atoms with Crippen LogP contribution in [-0.2, 0) is 21.2 Å². The molecule has 34 heavy (non-hydrogen) atoms. The molecule has 0 bridgehead atoms. The van der Waals surface area contributed by atoms with Crippen molar-refractivity contribution in [2.45, 2.75) is 22.6 Å². The molecule has 0 aliphatic carbocycles. The van der Waals surface area contributed by atoms with Gasteiger partial charge in [0.2, 0.25) is 15.9 Å². The van der Waals surface area contributed by atoms with Crippen LogP contribution in [0.25, 0.3) is 11.1 Å². The van der Waals surface area contributed by atoms with Crippen molar-refractivity contribution in [3.8, 4) is 0 Å². The van der Waals surface area contributed by atoms with Crippen LogP contribution in [0.5, 0.6) is 0 Å². The quantitative estimate of drug-likeness (QED) is 0.349. The molecule has 7 nitrogen and oxygen atoms in total. The molecule has 3 aromatic carbocycles. The van der Waals surface area contributed by atoms with Crippen molar-refractivity contribution in [3.05, 3.63) is 90.0 Å². The molecule has 0 fully saturated rings. The molecule has 0 spiro atoms. The van der Waals surface area contributed by atoms with Gasteiger partial charge in [-0.25, -0.2) is 17.7 Å². The number of hydrogen-bond donors (Lipinski definition) is 1. The maximum atomic E-state index is 12.8. The van der Waals surface area contributed by atoms with Crippen LogP contribution in [0.4, 0.5) is 0 Å². The number of nitrogens with zero attached hydrogens (tertiary/aromatic N) is 2. The summed E-state index contributed by atoms with van der Waals surface area (Å²) in [5.41, 5.74) is 3.05. The lowest BCUT2D eigenvalue weighted by atomic mass is 9.99. The Morgan fingerprint density at radius 3 is 2.38 bits per heavy atom. The van der Waals surface area contributed by atoms with Crippen LogP contribution in [0.1, 0.15) is 17.2 Å². The summed E-state index contributed by atoms with van der Waals surface area (Å²) in [5, 5.41) is 3.42. The van der Waals surface area contributed by atoms with Crippen molar-refractivity contribution in [1.82, 2.24) is 14.6 Å². The van der Waals surface area contributed by atoms with Gasteiger partial charge in [0.25, 0.3) is 5.22 Å². The smallest absolute Gasteiger partial charge is 0.257 e. The zero-order chi connectivity index (χ0) is 24.1. The summed E-state index contributed by atoms with van der Waals surface area (Å²) in [6.07, 6.45) is 0.674. The molecule has 1 atom stereocenters. The Kier molecular flexibility index (Phi) is 7.35. The van der Waals surface area contributed by atoms with Crippen molar-refractivity contribution in [2.75, 3.05) is 19.8 Å². The monoisotopic (exact) mass is 495 g/mol. The fourth-order valence-electron chi connectivity index (χ4n) is 3.47. The first-order valence-electron chi connectivity index (χ1n) is 10.7. The van der Waals surface area contributed by atoms with E-state index in [1.54, 1.807) is 6.07 Å². The van der Waals surface area contributed by atoms with Gasteiger partial charge in [-0.15, -0.1) is 0 Å². The molecule has 0 radical (unpaired) electrons. The normalized spacial score (nSPS) is 12.7. The van der Waals surface area contributed by atoms with Gasteiger partial charge < -0.3 is 9.73 Å². The summed E-state index contributed by atoms with van der Waals surface area (Å²) in [6, 6.07) is 24.2. The Bertz CT molecular complexity index is 1370. The third kappa shape index (κ3) is 5.67. The minimum atomic E-state index is -3.57. The molecular weight excluding hydrogens is 470 g/mol. The highest BCUT2D eigenvalue weighted by molar-refractivity contribution is 7.99. The first kappa shape index (κ1) is 24.0.